The van der Waals surface area contributed by atoms with E-state index < -0.39 is 0 Å². The molecule has 2 N–H and O–H groups in total. The van der Waals surface area contributed by atoms with Crippen LogP contribution in [0.1, 0.15) is 119 Å². The van der Waals surface area contributed by atoms with Gasteiger partial charge in [0.25, 0.3) is 0 Å². The lowest BCUT2D eigenvalue weighted by Gasteiger charge is -2.61. The second-order valence-electron chi connectivity index (χ2n) is 12.3. The van der Waals surface area contributed by atoms with Gasteiger partial charge in [0.2, 0.25) is 0 Å². The molecule has 4 aliphatic rings. The first kappa shape index (κ1) is 24.6. The fourth-order valence-electron chi connectivity index (χ4n) is 8.70. The Labute approximate surface area is 187 Å². The van der Waals surface area contributed by atoms with Gasteiger partial charge in [-0.15, -0.1) is 0 Å². The number of aliphatic hydroxyl groups is 2. The van der Waals surface area contributed by atoms with Gasteiger partial charge in [-0.25, -0.2) is 0 Å². The van der Waals surface area contributed by atoms with Crippen LogP contribution in [0.3, 0.4) is 0 Å². The zero-order chi connectivity index (χ0) is 22.1. The molecular weight excluding hydrogens is 368 g/mol. The predicted molar refractivity (Wildman–Crippen MR) is 127 cm³/mol. The molecule has 0 bridgehead atoms. The van der Waals surface area contributed by atoms with E-state index in [4.69, 9.17) is 0 Å². The van der Waals surface area contributed by atoms with Crippen molar-refractivity contribution < 1.29 is 10.2 Å². The minimum absolute atomic E-state index is 0.0355. The monoisotopic (exact) mass is 420 g/mol. The fourth-order valence-corrected chi connectivity index (χ4v) is 8.70. The molecule has 0 heterocycles. The normalized spacial score (nSPS) is 46.3. The Kier molecular flexibility index (Phi) is 8.04. The van der Waals surface area contributed by atoms with Gasteiger partial charge in [-0.05, 0) is 123 Å². The van der Waals surface area contributed by atoms with E-state index in [-0.39, 0.29) is 12.2 Å². The molecule has 176 valence electrons. The maximum atomic E-state index is 10.7. The molecule has 9 unspecified atom stereocenters. The second kappa shape index (κ2) is 9.82. The van der Waals surface area contributed by atoms with Crippen molar-refractivity contribution in [3.8, 4) is 0 Å². The summed E-state index contributed by atoms with van der Waals surface area (Å²) >= 11 is 0. The van der Waals surface area contributed by atoms with Crippen LogP contribution in [-0.4, -0.2) is 22.4 Å². The summed E-state index contributed by atoms with van der Waals surface area (Å²) < 4.78 is 0. The van der Waals surface area contributed by atoms with Gasteiger partial charge in [0.05, 0.1) is 12.2 Å². The van der Waals surface area contributed by atoms with Gasteiger partial charge < -0.3 is 10.2 Å². The molecule has 0 aromatic carbocycles. The first-order valence-corrected chi connectivity index (χ1v) is 13.6. The van der Waals surface area contributed by atoms with Crippen molar-refractivity contribution in [3.63, 3.8) is 0 Å². The van der Waals surface area contributed by atoms with Crippen LogP contribution in [0.4, 0.5) is 0 Å². The Bertz CT molecular complexity index is 545. The van der Waals surface area contributed by atoms with Gasteiger partial charge in [-0.2, -0.15) is 0 Å². The zero-order valence-corrected chi connectivity index (χ0v) is 21.0. The lowest BCUT2D eigenvalue weighted by molar-refractivity contribution is -0.128. The van der Waals surface area contributed by atoms with Gasteiger partial charge in [-0.1, -0.05) is 41.5 Å². The maximum Gasteiger partial charge on any atom is 0.0543 e. The Morgan fingerprint density at radius 2 is 1.50 bits per heavy atom. The van der Waals surface area contributed by atoms with E-state index in [1.165, 1.54) is 44.9 Å². The molecule has 4 saturated carbocycles. The van der Waals surface area contributed by atoms with Crippen molar-refractivity contribution in [3.05, 3.63) is 0 Å². The molecule has 0 amide bonds. The maximum absolute atomic E-state index is 10.7. The van der Waals surface area contributed by atoms with Crippen LogP contribution in [0.2, 0.25) is 0 Å². The SMILES string of the molecule is CC.CC(C)CCC(O)CC1CCC2C3CCC4CC(O)CCC4(C)C3CCC12C. The Hall–Kier alpha value is -0.0800. The highest BCUT2D eigenvalue weighted by Gasteiger charge is 2.60. The van der Waals surface area contributed by atoms with Crippen LogP contribution < -0.4 is 0 Å². The van der Waals surface area contributed by atoms with Gasteiger partial charge in [0.15, 0.2) is 0 Å². The van der Waals surface area contributed by atoms with E-state index in [9.17, 15) is 10.2 Å². The molecule has 0 aromatic heterocycles. The van der Waals surface area contributed by atoms with E-state index in [1.807, 2.05) is 13.8 Å². The lowest BCUT2D eigenvalue weighted by Crippen LogP contribution is -2.54. The first-order valence-electron chi connectivity index (χ1n) is 13.6. The van der Waals surface area contributed by atoms with Crippen molar-refractivity contribution in [2.75, 3.05) is 0 Å². The third-order valence-corrected chi connectivity index (χ3v) is 10.5. The smallest absolute Gasteiger partial charge is 0.0543 e. The Morgan fingerprint density at radius 1 is 0.833 bits per heavy atom. The van der Waals surface area contributed by atoms with Crippen LogP contribution >= 0.6 is 0 Å². The van der Waals surface area contributed by atoms with Gasteiger partial charge >= 0.3 is 0 Å². The van der Waals surface area contributed by atoms with Gasteiger partial charge in [-0.3, -0.25) is 0 Å². The number of fused-ring (bicyclic) bond motifs is 5. The van der Waals surface area contributed by atoms with E-state index in [2.05, 4.69) is 27.7 Å². The summed E-state index contributed by atoms with van der Waals surface area (Å²) in [7, 11) is 0. The highest BCUT2D eigenvalue weighted by atomic mass is 16.3. The molecule has 0 spiro atoms. The van der Waals surface area contributed by atoms with Crippen molar-refractivity contribution >= 4 is 0 Å². The first-order chi connectivity index (χ1) is 14.2. The average molecular weight is 421 g/mol. The molecule has 30 heavy (non-hydrogen) atoms. The van der Waals surface area contributed by atoms with Gasteiger partial charge in [0, 0.05) is 0 Å². The summed E-state index contributed by atoms with van der Waals surface area (Å²) in [6.45, 7) is 13.7. The molecule has 4 rings (SSSR count). The lowest BCUT2D eigenvalue weighted by atomic mass is 9.44. The molecule has 0 aliphatic heterocycles. The quantitative estimate of drug-likeness (QED) is 0.493. The molecule has 9 atom stereocenters. The number of rotatable bonds is 5. The molecular formula is C28H52O2. The molecule has 2 heteroatoms. The predicted octanol–water partition coefficient (Wildman–Crippen LogP) is 7.22. The van der Waals surface area contributed by atoms with E-state index in [1.54, 1.807) is 0 Å². The third-order valence-electron chi connectivity index (χ3n) is 10.5. The summed E-state index contributed by atoms with van der Waals surface area (Å²) in [4.78, 5) is 0. The van der Waals surface area contributed by atoms with Crippen LogP contribution in [0.25, 0.3) is 0 Å². The molecule has 0 aromatic rings. The molecule has 4 fully saturated rings. The summed E-state index contributed by atoms with van der Waals surface area (Å²) in [5, 5.41) is 20.9. The molecule has 0 saturated heterocycles. The summed E-state index contributed by atoms with van der Waals surface area (Å²) in [6.07, 6.45) is 14.7. The molecule has 4 aliphatic carbocycles. The number of hydrogen-bond donors (Lipinski definition) is 2. The highest BCUT2D eigenvalue weighted by Crippen LogP contribution is 2.67. The zero-order valence-electron chi connectivity index (χ0n) is 21.0. The fraction of sp³-hybridized carbons (Fsp3) is 1.00. The number of hydrogen-bond acceptors (Lipinski definition) is 2. The van der Waals surface area contributed by atoms with E-state index in [0.717, 1.165) is 61.7 Å². The highest BCUT2D eigenvalue weighted by molar-refractivity contribution is 5.09. The number of aliphatic hydroxyl groups excluding tert-OH is 2. The molecule has 2 nitrogen and oxygen atoms in total. The summed E-state index contributed by atoms with van der Waals surface area (Å²) in [6, 6.07) is 0. The van der Waals surface area contributed by atoms with Crippen LogP contribution in [0.5, 0.6) is 0 Å². The van der Waals surface area contributed by atoms with Crippen molar-refractivity contribution in [1.82, 2.24) is 0 Å². The van der Waals surface area contributed by atoms with Crippen LogP contribution in [0.15, 0.2) is 0 Å². The second-order valence-corrected chi connectivity index (χ2v) is 12.3. The average Bonchev–Trinajstić information content (AvgIpc) is 3.05. The standard InChI is InChI=1S/C26H46O2.C2H6/c1-17(2)5-8-20(27)15-19-7-10-23-22-9-6-18-16-21(28)11-13-25(18,3)24(22)12-14-26(19,23)4;1-2/h17-24,27-28H,5-16H2,1-4H3;1-2H3. The Morgan fingerprint density at radius 3 is 2.20 bits per heavy atom. The minimum Gasteiger partial charge on any atom is -0.393 e. The van der Waals surface area contributed by atoms with Gasteiger partial charge in [0.1, 0.15) is 0 Å². The topological polar surface area (TPSA) is 40.5 Å². The largest absolute Gasteiger partial charge is 0.393 e. The van der Waals surface area contributed by atoms with Crippen molar-refractivity contribution in [1.29, 1.82) is 0 Å². The Balaban J connectivity index is 0.00000124. The van der Waals surface area contributed by atoms with E-state index >= 15 is 0 Å². The van der Waals surface area contributed by atoms with Crippen molar-refractivity contribution in [2.24, 2.45) is 46.3 Å². The molecule has 0 radical (unpaired) electrons. The van der Waals surface area contributed by atoms with E-state index in [0.29, 0.717) is 16.7 Å². The third kappa shape index (κ3) is 4.52. The van der Waals surface area contributed by atoms with Crippen molar-refractivity contribution in [2.45, 2.75) is 131 Å². The van der Waals surface area contributed by atoms with Crippen LogP contribution in [0, 0.1) is 46.3 Å². The summed E-state index contributed by atoms with van der Waals surface area (Å²) in [5.74, 6) is 4.88. The minimum atomic E-state index is -0.0891. The summed E-state index contributed by atoms with van der Waals surface area (Å²) in [5.41, 5.74) is 0.954. The van der Waals surface area contributed by atoms with Crippen LogP contribution in [-0.2, 0) is 0 Å².